The van der Waals surface area contributed by atoms with Gasteiger partial charge in [0, 0.05) is 10.7 Å². The molecular weight excluding hydrogens is 180 g/mol. The number of thiol groups is 1. The third-order valence-corrected chi connectivity index (χ3v) is 3.52. The average Bonchev–Trinajstić information content (AvgIpc) is 2.86. The van der Waals surface area contributed by atoms with Gasteiger partial charge in [0.25, 0.3) is 0 Å². The number of phenols is 1. The molecule has 0 heterocycles. The molecule has 0 saturated heterocycles. The van der Waals surface area contributed by atoms with Gasteiger partial charge in [0.2, 0.25) is 0 Å². The van der Waals surface area contributed by atoms with Gasteiger partial charge in [-0.3, -0.25) is 0 Å². The molecule has 0 aromatic heterocycles. The predicted molar refractivity (Wildman–Crippen MR) is 57.5 cm³/mol. The van der Waals surface area contributed by atoms with E-state index in [0.717, 1.165) is 0 Å². The van der Waals surface area contributed by atoms with E-state index in [0.29, 0.717) is 11.0 Å². The van der Waals surface area contributed by atoms with Crippen LogP contribution in [0.15, 0.2) is 24.3 Å². The highest BCUT2D eigenvalue weighted by Crippen LogP contribution is 2.52. The third-order valence-electron chi connectivity index (χ3n) is 3.03. The Morgan fingerprint density at radius 3 is 2.23 bits per heavy atom. The normalized spacial score (nSPS) is 21.1. The largest absolute Gasteiger partial charge is 0.508 e. The van der Waals surface area contributed by atoms with Crippen molar-refractivity contribution in [1.29, 1.82) is 0 Å². The van der Waals surface area contributed by atoms with Crippen LogP contribution in [0.1, 0.15) is 25.3 Å². The highest BCUT2D eigenvalue weighted by molar-refractivity contribution is 7.81. The highest BCUT2D eigenvalue weighted by atomic mass is 32.1. The molecule has 2 rings (SSSR count). The van der Waals surface area contributed by atoms with Crippen molar-refractivity contribution >= 4 is 12.6 Å². The summed E-state index contributed by atoms with van der Waals surface area (Å²) in [5.41, 5.74) is 1.60. The zero-order valence-corrected chi connectivity index (χ0v) is 8.59. The van der Waals surface area contributed by atoms with Crippen LogP contribution < -0.4 is 0 Å². The van der Waals surface area contributed by atoms with Gasteiger partial charge in [-0.2, -0.15) is 12.6 Å². The van der Waals surface area contributed by atoms with Crippen molar-refractivity contribution in [2.75, 3.05) is 0 Å². The maximum absolute atomic E-state index is 9.16. The summed E-state index contributed by atoms with van der Waals surface area (Å²) < 4.78 is 0. The smallest absolute Gasteiger partial charge is 0.115 e. The fraction of sp³-hybridized carbons (Fsp3) is 0.455. The van der Waals surface area contributed by atoms with Gasteiger partial charge in [-0.15, -0.1) is 0 Å². The van der Waals surface area contributed by atoms with Gasteiger partial charge in [0.15, 0.2) is 0 Å². The van der Waals surface area contributed by atoms with Crippen molar-refractivity contribution in [2.45, 2.75) is 30.4 Å². The Hall–Kier alpha value is -0.630. The number of aromatic hydroxyl groups is 1. The Morgan fingerprint density at radius 1 is 1.31 bits per heavy atom. The topological polar surface area (TPSA) is 20.2 Å². The molecule has 1 saturated carbocycles. The first-order valence-electron chi connectivity index (χ1n) is 4.63. The summed E-state index contributed by atoms with van der Waals surface area (Å²) in [6, 6.07) is 7.53. The van der Waals surface area contributed by atoms with Gasteiger partial charge < -0.3 is 5.11 Å². The van der Waals surface area contributed by atoms with Gasteiger partial charge >= 0.3 is 0 Å². The van der Waals surface area contributed by atoms with Crippen LogP contribution in [0.25, 0.3) is 0 Å². The van der Waals surface area contributed by atoms with Crippen LogP contribution in [0.3, 0.4) is 0 Å². The number of hydrogen-bond donors (Lipinski definition) is 2. The monoisotopic (exact) mass is 194 g/mol. The molecule has 2 heteroatoms. The van der Waals surface area contributed by atoms with Gasteiger partial charge in [-0.1, -0.05) is 19.1 Å². The minimum absolute atomic E-state index is 0.289. The zero-order valence-electron chi connectivity index (χ0n) is 7.70. The first-order chi connectivity index (χ1) is 6.15. The molecule has 1 N–H and O–H groups in total. The summed E-state index contributed by atoms with van der Waals surface area (Å²) in [4.78, 5) is 0. The van der Waals surface area contributed by atoms with Crippen molar-refractivity contribution in [3.8, 4) is 5.75 Å². The van der Waals surface area contributed by atoms with E-state index in [1.165, 1.54) is 18.4 Å². The van der Waals surface area contributed by atoms with E-state index in [2.05, 4.69) is 19.6 Å². The molecule has 1 fully saturated rings. The van der Waals surface area contributed by atoms with Crippen molar-refractivity contribution in [2.24, 2.45) is 0 Å². The average molecular weight is 194 g/mol. The fourth-order valence-corrected chi connectivity index (χ4v) is 2.28. The molecule has 0 aliphatic heterocycles. The van der Waals surface area contributed by atoms with Gasteiger partial charge in [-0.05, 0) is 30.5 Å². The summed E-state index contributed by atoms with van der Waals surface area (Å²) in [5.74, 6) is 0.339. The minimum atomic E-state index is 0.289. The second-order valence-corrected chi connectivity index (χ2v) is 4.65. The Kier molecular flexibility index (Phi) is 2.03. The molecule has 70 valence electrons. The van der Waals surface area contributed by atoms with Crippen molar-refractivity contribution in [3.05, 3.63) is 29.8 Å². The van der Waals surface area contributed by atoms with Gasteiger partial charge in [0.1, 0.15) is 5.75 Å². The highest BCUT2D eigenvalue weighted by Gasteiger charge is 2.47. The quantitative estimate of drug-likeness (QED) is 0.694. The van der Waals surface area contributed by atoms with E-state index in [1.807, 2.05) is 12.1 Å². The molecule has 0 amide bonds. The Bertz CT molecular complexity index is 298. The van der Waals surface area contributed by atoms with Crippen LogP contribution in [-0.2, 0) is 5.41 Å². The predicted octanol–water partition coefficient (Wildman–Crippen LogP) is 2.74. The molecule has 1 atom stereocenters. The first kappa shape index (κ1) is 8.95. The number of benzene rings is 1. The molecular formula is C11H14OS. The molecule has 1 aromatic carbocycles. The maximum Gasteiger partial charge on any atom is 0.115 e. The van der Waals surface area contributed by atoms with Crippen LogP contribution in [0.2, 0.25) is 0 Å². The number of phenolic OH excluding ortho intramolecular Hbond substituents is 1. The molecule has 1 aliphatic carbocycles. The first-order valence-corrected chi connectivity index (χ1v) is 5.14. The minimum Gasteiger partial charge on any atom is -0.508 e. The summed E-state index contributed by atoms with van der Waals surface area (Å²) in [5, 5.41) is 9.56. The second kappa shape index (κ2) is 2.95. The molecule has 0 spiro atoms. The van der Waals surface area contributed by atoms with E-state index in [1.54, 1.807) is 12.1 Å². The lowest BCUT2D eigenvalue weighted by molar-refractivity contribution is 0.474. The van der Waals surface area contributed by atoms with Crippen molar-refractivity contribution in [1.82, 2.24) is 0 Å². The van der Waals surface area contributed by atoms with Crippen LogP contribution in [0.5, 0.6) is 5.75 Å². The SMILES string of the molecule is CC(S)C1(c2ccc(O)cc2)CC1. The zero-order chi connectivity index (χ0) is 9.47. The van der Waals surface area contributed by atoms with E-state index in [4.69, 9.17) is 5.11 Å². The molecule has 1 aromatic rings. The van der Waals surface area contributed by atoms with E-state index in [-0.39, 0.29) is 5.41 Å². The number of hydrogen-bond acceptors (Lipinski definition) is 2. The molecule has 1 unspecified atom stereocenters. The van der Waals surface area contributed by atoms with E-state index < -0.39 is 0 Å². The van der Waals surface area contributed by atoms with Crippen molar-refractivity contribution in [3.63, 3.8) is 0 Å². The fourth-order valence-electron chi connectivity index (χ4n) is 1.88. The lowest BCUT2D eigenvalue weighted by Crippen LogP contribution is -2.17. The summed E-state index contributed by atoms with van der Waals surface area (Å²) in [7, 11) is 0. The standard InChI is InChI=1S/C11H14OS/c1-8(13)11(6-7-11)9-2-4-10(12)5-3-9/h2-5,8,12-13H,6-7H2,1H3. The third kappa shape index (κ3) is 1.44. The summed E-state index contributed by atoms with van der Waals surface area (Å²) in [6.45, 7) is 2.14. The Balaban J connectivity index is 2.31. The van der Waals surface area contributed by atoms with Crippen LogP contribution >= 0.6 is 12.6 Å². The van der Waals surface area contributed by atoms with Crippen LogP contribution in [0, 0.1) is 0 Å². The molecule has 0 radical (unpaired) electrons. The van der Waals surface area contributed by atoms with E-state index >= 15 is 0 Å². The summed E-state index contributed by atoms with van der Waals surface area (Å²) in [6.07, 6.45) is 2.45. The lowest BCUT2D eigenvalue weighted by Gasteiger charge is -2.19. The van der Waals surface area contributed by atoms with Crippen molar-refractivity contribution < 1.29 is 5.11 Å². The molecule has 1 aliphatic rings. The maximum atomic E-state index is 9.16. The summed E-state index contributed by atoms with van der Waals surface area (Å²) >= 11 is 4.52. The van der Waals surface area contributed by atoms with Gasteiger partial charge in [0.05, 0.1) is 0 Å². The molecule has 0 bridgehead atoms. The second-order valence-electron chi connectivity index (χ2n) is 3.88. The Morgan fingerprint density at radius 2 is 1.85 bits per heavy atom. The lowest BCUT2D eigenvalue weighted by atomic mass is 9.93. The molecule has 13 heavy (non-hydrogen) atoms. The van der Waals surface area contributed by atoms with E-state index in [9.17, 15) is 0 Å². The van der Waals surface area contributed by atoms with Gasteiger partial charge in [-0.25, -0.2) is 0 Å². The molecule has 1 nitrogen and oxygen atoms in total. The van der Waals surface area contributed by atoms with Crippen LogP contribution in [0.4, 0.5) is 0 Å². The number of rotatable bonds is 2. The van der Waals surface area contributed by atoms with Crippen LogP contribution in [-0.4, -0.2) is 10.4 Å². The Labute approximate surface area is 84.2 Å².